The second-order valence-corrected chi connectivity index (χ2v) is 5.48. The van der Waals surface area contributed by atoms with E-state index in [4.69, 9.17) is 0 Å². The lowest BCUT2D eigenvalue weighted by molar-refractivity contribution is -0.137. The van der Waals surface area contributed by atoms with Crippen LogP contribution in [0.3, 0.4) is 0 Å². The molecule has 17 heavy (non-hydrogen) atoms. The van der Waals surface area contributed by atoms with Crippen LogP contribution in [0, 0.1) is 5.92 Å². The number of hydrogen-bond acceptors (Lipinski definition) is 3. The lowest BCUT2D eigenvalue weighted by Crippen LogP contribution is -2.50. The third-order valence-electron chi connectivity index (χ3n) is 4.04. The average Bonchev–Trinajstić information content (AvgIpc) is 2.39. The summed E-state index contributed by atoms with van der Waals surface area (Å²) in [5, 5.41) is 3.29. The summed E-state index contributed by atoms with van der Waals surface area (Å²) in [6, 6.07) is 0.616. The third kappa shape index (κ3) is 3.19. The summed E-state index contributed by atoms with van der Waals surface area (Å²) in [7, 11) is 0. The van der Waals surface area contributed by atoms with Gasteiger partial charge in [-0.1, -0.05) is 0 Å². The molecular formula is C13H25N3O. The minimum Gasteiger partial charge on any atom is -0.340 e. The van der Waals surface area contributed by atoms with Crippen molar-refractivity contribution < 1.29 is 4.79 Å². The molecule has 2 aliphatic rings. The monoisotopic (exact) mass is 239 g/mol. The molecule has 0 bridgehead atoms. The number of piperidine rings is 1. The van der Waals surface area contributed by atoms with E-state index in [1.165, 1.54) is 0 Å². The molecule has 0 aromatic rings. The Hall–Kier alpha value is -0.610. The molecule has 0 atom stereocenters. The molecule has 0 radical (unpaired) electrons. The lowest BCUT2D eigenvalue weighted by Gasteiger charge is -2.37. The first-order chi connectivity index (χ1) is 8.18. The molecule has 2 fully saturated rings. The van der Waals surface area contributed by atoms with Crippen molar-refractivity contribution in [3.63, 3.8) is 0 Å². The number of carbonyl (C=O) groups is 1. The van der Waals surface area contributed by atoms with Gasteiger partial charge in [0.05, 0.1) is 0 Å². The van der Waals surface area contributed by atoms with Crippen molar-refractivity contribution in [2.75, 3.05) is 39.3 Å². The molecular weight excluding hydrogens is 214 g/mol. The third-order valence-corrected chi connectivity index (χ3v) is 4.04. The molecule has 1 N–H and O–H groups in total. The SMILES string of the molecule is CC(C)N1CCC(C(=O)N2CCNCC2)CC1. The summed E-state index contributed by atoms with van der Waals surface area (Å²) in [4.78, 5) is 16.8. The van der Waals surface area contributed by atoms with Gasteiger partial charge in [0.25, 0.3) is 0 Å². The molecule has 2 saturated heterocycles. The van der Waals surface area contributed by atoms with Crippen LogP contribution in [-0.2, 0) is 4.79 Å². The molecule has 0 aliphatic carbocycles. The van der Waals surface area contributed by atoms with Gasteiger partial charge in [0.1, 0.15) is 0 Å². The van der Waals surface area contributed by atoms with E-state index in [2.05, 4.69) is 24.1 Å². The van der Waals surface area contributed by atoms with E-state index < -0.39 is 0 Å². The van der Waals surface area contributed by atoms with Crippen LogP contribution in [-0.4, -0.2) is 61.0 Å². The van der Waals surface area contributed by atoms with Gasteiger partial charge in [-0.15, -0.1) is 0 Å². The van der Waals surface area contributed by atoms with Crippen LogP contribution in [0.1, 0.15) is 26.7 Å². The second-order valence-electron chi connectivity index (χ2n) is 5.48. The number of nitrogens with one attached hydrogen (secondary N) is 1. The minimum absolute atomic E-state index is 0.281. The Morgan fingerprint density at radius 3 is 2.24 bits per heavy atom. The van der Waals surface area contributed by atoms with Crippen LogP contribution < -0.4 is 5.32 Å². The van der Waals surface area contributed by atoms with Gasteiger partial charge in [-0.3, -0.25) is 4.79 Å². The fraction of sp³-hybridized carbons (Fsp3) is 0.923. The molecule has 0 saturated carbocycles. The zero-order chi connectivity index (χ0) is 12.3. The summed E-state index contributed by atoms with van der Waals surface area (Å²) < 4.78 is 0. The predicted molar refractivity (Wildman–Crippen MR) is 68.9 cm³/mol. The summed E-state index contributed by atoms with van der Waals surface area (Å²) in [5.41, 5.74) is 0. The highest BCUT2D eigenvalue weighted by Gasteiger charge is 2.29. The van der Waals surface area contributed by atoms with Crippen molar-refractivity contribution in [2.24, 2.45) is 5.92 Å². The van der Waals surface area contributed by atoms with Crippen LogP contribution in [0.2, 0.25) is 0 Å². The smallest absolute Gasteiger partial charge is 0.225 e. The van der Waals surface area contributed by atoms with E-state index in [0.717, 1.165) is 52.1 Å². The summed E-state index contributed by atoms with van der Waals surface area (Å²) in [6.45, 7) is 10.3. The van der Waals surface area contributed by atoms with Gasteiger partial charge in [0.2, 0.25) is 5.91 Å². The van der Waals surface area contributed by atoms with E-state index in [-0.39, 0.29) is 5.92 Å². The van der Waals surface area contributed by atoms with Crippen molar-refractivity contribution in [2.45, 2.75) is 32.7 Å². The Balaban J connectivity index is 1.81. The van der Waals surface area contributed by atoms with Crippen molar-refractivity contribution in [3.05, 3.63) is 0 Å². The van der Waals surface area contributed by atoms with Crippen LogP contribution in [0.5, 0.6) is 0 Å². The highest BCUT2D eigenvalue weighted by Crippen LogP contribution is 2.21. The maximum absolute atomic E-state index is 12.3. The van der Waals surface area contributed by atoms with Crippen molar-refractivity contribution in [3.8, 4) is 0 Å². The number of piperazine rings is 1. The van der Waals surface area contributed by atoms with Gasteiger partial charge in [-0.05, 0) is 39.8 Å². The fourth-order valence-electron chi connectivity index (χ4n) is 2.81. The van der Waals surface area contributed by atoms with E-state index in [1.54, 1.807) is 0 Å². The van der Waals surface area contributed by atoms with Crippen molar-refractivity contribution in [1.29, 1.82) is 0 Å². The first-order valence-corrected chi connectivity index (χ1v) is 6.92. The number of rotatable bonds is 2. The molecule has 2 heterocycles. The van der Waals surface area contributed by atoms with Gasteiger partial charge in [-0.25, -0.2) is 0 Å². The number of amides is 1. The molecule has 0 spiro atoms. The Labute approximate surface area is 104 Å². The molecule has 2 aliphatic heterocycles. The van der Waals surface area contributed by atoms with Crippen molar-refractivity contribution >= 4 is 5.91 Å². The molecule has 0 unspecified atom stereocenters. The van der Waals surface area contributed by atoms with Crippen LogP contribution in [0.4, 0.5) is 0 Å². The standard InChI is InChI=1S/C13H25N3O/c1-11(2)15-7-3-12(4-8-15)13(17)16-9-5-14-6-10-16/h11-12,14H,3-10H2,1-2H3. The molecule has 4 heteroatoms. The summed E-state index contributed by atoms with van der Waals surface area (Å²) in [6.07, 6.45) is 2.09. The first-order valence-electron chi connectivity index (χ1n) is 6.92. The zero-order valence-electron chi connectivity index (χ0n) is 11.1. The number of hydrogen-bond donors (Lipinski definition) is 1. The molecule has 0 aromatic heterocycles. The molecule has 2 rings (SSSR count). The maximum Gasteiger partial charge on any atom is 0.225 e. The maximum atomic E-state index is 12.3. The fourth-order valence-corrected chi connectivity index (χ4v) is 2.81. The average molecular weight is 239 g/mol. The predicted octanol–water partition coefficient (Wildman–Crippen LogP) is 0.539. The molecule has 98 valence electrons. The Bertz CT molecular complexity index is 253. The normalized spacial score (nSPS) is 24.3. The topological polar surface area (TPSA) is 35.6 Å². The van der Waals surface area contributed by atoms with Gasteiger partial charge < -0.3 is 15.1 Å². The largest absolute Gasteiger partial charge is 0.340 e. The van der Waals surface area contributed by atoms with E-state index in [9.17, 15) is 4.79 Å². The van der Waals surface area contributed by atoms with Gasteiger partial charge >= 0.3 is 0 Å². The molecule has 0 aromatic carbocycles. The minimum atomic E-state index is 0.281. The van der Waals surface area contributed by atoms with E-state index in [0.29, 0.717) is 11.9 Å². The zero-order valence-corrected chi connectivity index (χ0v) is 11.1. The highest BCUT2D eigenvalue weighted by atomic mass is 16.2. The first kappa shape index (κ1) is 12.8. The van der Waals surface area contributed by atoms with E-state index >= 15 is 0 Å². The quantitative estimate of drug-likeness (QED) is 0.764. The number of carbonyl (C=O) groups excluding carboxylic acids is 1. The highest BCUT2D eigenvalue weighted by molar-refractivity contribution is 5.79. The molecule has 1 amide bonds. The Morgan fingerprint density at radius 2 is 1.71 bits per heavy atom. The van der Waals surface area contributed by atoms with Crippen LogP contribution in [0.25, 0.3) is 0 Å². The summed E-state index contributed by atoms with van der Waals surface area (Å²) in [5.74, 6) is 0.679. The van der Waals surface area contributed by atoms with E-state index in [1.807, 2.05) is 4.90 Å². The number of likely N-dealkylation sites (tertiary alicyclic amines) is 1. The molecule has 4 nitrogen and oxygen atoms in total. The van der Waals surface area contributed by atoms with Gasteiger partial charge in [0, 0.05) is 38.1 Å². The van der Waals surface area contributed by atoms with Crippen LogP contribution in [0.15, 0.2) is 0 Å². The Morgan fingerprint density at radius 1 is 1.12 bits per heavy atom. The van der Waals surface area contributed by atoms with Gasteiger partial charge in [0.15, 0.2) is 0 Å². The lowest BCUT2D eigenvalue weighted by atomic mass is 9.94. The number of nitrogens with zero attached hydrogens (tertiary/aromatic N) is 2. The summed E-state index contributed by atoms with van der Waals surface area (Å²) >= 11 is 0. The van der Waals surface area contributed by atoms with Crippen LogP contribution >= 0.6 is 0 Å². The second kappa shape index (κ2) is 5.83. The van der Waals surface area contributed by atoms with Gasteiger partial charge in [-0.2, -0.15) is 0 Å². The van der Waals surface area contributed by atoms with Crippen molar-refractivity contribution in [1.82, 2.24) is 15.1 Å². The Kier molecular flexibility index (Phi) is 4.40.